The summed E-state index contributed by atoms with van der Waals surface area (Å²) in [5.41, 5.74) is 0.984. The number of amides is 2. The average molecular weight is 542 g/mol. The summed E-state index contributed by atoms with van der Waals surface area (Å²) < 4.78 is 37.9. The topological polar surface area (TPSA) is 122 Å². The van der Waals surface area contributed by atoms with Gasteiger partial charge in [0.25, 0.3) is 10.0 Å². The number of methoxy groups -OCH3 is 1. The molecule has 1 atom stereocenters. The molecule has 2 aliphatic rings. The Kier molecular flexibility index (Phi) is 7.79. The number of piperidine rings is 1. The van der Waals surface area contributed by atoms with Crippen LogP contribution < -0.4 is 5.32 Å². The van der Waals surface area contributed by atoms with E-state index in [0.29, 0.717) is 37.2 Å². The molecule has 1 saturated heterocycles. The minimum absolute atomic E-state index is 0.193. The van der Waals surface area contributed by atoms with Gasteiger partial charge in [-0.25, -0.2) is 18.0 Å². The number of carbonyl (C=O) groups is 3. The number of anilines is 1. The Hall–Kier alpha value is -2.48. The van der Waals surface area contributed by atoms with Crippen molar-refractivity contribution in [2.75, 3.05) is 32.1 Å². The number of hydrogen-bond acceptors (Lipinski definition) is 9. The van der Waals surface area contributed by atoms with Crippen molar-refractivity contribution in [3.63, 3.8) is 0 Å². The van der Waals surface area contributed by atoms with Gasteiger partial charge in [-0.1, -0.05) is 12.5 Å². The summed E-state index contributed by atoms with van der Waals surface area (Å²) in [6, 6.07) is 2.30. The summed E-state index contributed by atoms with van der Waals surface area (Å²) in [6.45, 7) is 2.86. The number of thiophene rings is 2. The molecule has 2 aliphatic heterocycles. The van der Waals surface area contributed by atoms with Crippen LogP contribution in [-0.2, 0) is 37.3 Å². The van der Waals surface area contributed by atoms with Gasteiger partial charge in [-0.3, -0.25) is 4.79 Å². The molecular formula is C22H27N3O7S3. The first-order valence-corrected chi connectivity index (χ1v) is 14.4. The molecule has 2 amide bonds. The molecule has 1 unspecified atom stereocenters. The highest BCUT2D eigenvalue weighted by molar-refractivity contribution is 7.91. The SMILES string of the molecule is CCOC(=O)N1CCc2c(sc(NC(=O)C3CCCCN3S(=O)(=O)c3cccs3)c2C(=O)OC)C1. The largest absolute Gasteiger partial charge is 0.465 e. The highest BCUT2D eigenvalue weighted by Crippen LogP contribution is 2.38. The van der Waals surface area contributed by atoms with Crippen LogP contribution in [0.2, 0.25) is 0 Å². The minimum atomic E-state index is -3.82. The number of rotatable bonds is 6. The van der Waals surface area contributed by atoms with Crippen molar-refractivity contribution in [1.29, 1.82) is 0 Å². The highest BCUT2D eigenvalue weighted by atomic mass is 32.2. The molecule has 0 radical (unpaired) electrons. The number of carbonyl (C=O) groups excluding carboxylic acids is 3. The number of fused-ring (bicyclic) bond motifs is 1. The fourth-order valence-electron chi connectivity index (χ4n) is 4.36. The summed E-state index contributed by atoms with van der Waals surface area (Å²) in [5.74, 6) is -1.08. The van der Waals surface area contributed by atoms with Crippen molar-refractivity contribution in [3.8, 4) is 0 Å². The number of sulfonamides is 1. The first kappa shape index (κ1) is 25.6. The van der Waals surface area contributed by atoms with Crippen molar-refractivity contribution in [2.45, 2.75) is 49.4 Å². The summed E-state index contributed by atoms with van der Waals surface area (Å²) in [6.07, 6.45) is 1.74. The third-order valence-electron chi connectivity index (χ3n) is 6.02. The van der Waals surface area contributed by atoms with E-state index in [0.717, 1.165) is 21.8 Å². The Morgan fingerprint density at radius 2 is 2.03 bits per heavy atom. The molecule has 2 aromatic rings. The van der Waals surface area contributed by atoms with E-state index in [9.17, 15) is 22.8 Å². The standard InChI is InChI=1S/C22H27N3O7S3/c1-3-32-22(28)24-11-9-14-16(13-24)34-20(18(14)21(27)31-2)23-19(26)15-7-4-5-10-25(15)35(29,30)17-8-6-12-33-17/h6,8,12,15H,3-5,7,9-11,13H2,1-2H3,(H,23,26). The van der Waals surface area contributed by atoms with E-state index in [1.54, 1.807) is 23.3 Å². The molecule has 0 saturated carbocycles. The second-order valence-corrected chi connectivity index (χ2v) is 12.3. The maximum atomic E-state index is 13.4. The predicted octanol–water partition coefficient (Wildman–Crippen LogP) is 3.29. The fraction of sp³-hybridized carbons (Fsp3) is 0.500. The van der Waals surface area contributed by atoms with E-state index in [1.807, 2.05) is 0 Å². The van der Waals surface area contributed by atoms with Crippen LogP contribution in [0.25, 0.3) is 0 Å². The Bertz CT molecular complexity index is 1210. The van der Waals surface area contributed by atoms with Gasteiger partial charge in [0.1, 0.15) is 15.3 Å². The van der Waals surface area contributed by atoms with Crippen molar-refractivity contribution in [3.05, 3.63) is 33.5 Å². The van der Waals surface area contributed by atoms with E-state index < -0.39 is 34.0 Å². The number of esters is 1. The van der Waals surface area contributed by atoms with Crippen molar-refractivity contribution in [1.82, 2.24) is 9.21 Å². The first-order chi connectivity index (χ1) is 16.8. The van der Waals surface area contributed by atoms with Crippen LogP contribution in [0.3, 0.4) is 0 Å². The summed E-state index contributed by atoms with van der Waals surface area (Å²) in [4.78, 5) is 40.5. The monoisotopic (exact) mass is 541 g/mol. The van der Waals surface area contributed by atoms with Crippen LogP contribution in [0.1, 0.15) is 47.0 Å². The first-order valence-electron chi connectivity index (χ1n) is 11.3. The molecule has 13 heteroatoms. The summed E-state index contributed by atoms with van der Waals surface area (Å²) in [5, 5.41) is 4.80. The van der Waals surface area contributed by atoms with Gasteiger partial charge in [0, 0.05) is 18.0 Å². The fourth-order valence-corrected chi connectivity index (χ4v) is 8.39. The van der Waals surface area contributed by atoms with Gasteiger partial charge in [0.05, 0.1) is 25.8 Å². The molecule has 0 aliphatic carbocycles. The van der Waals surface area contributed by atoms with Gasteiger partial charge in [-0.15, -0.1) is 22.7 Å². The molecule has 1 N–H and O–H groups in total. The van der Waals surface area contributed by atoms with Crippen molar-refractivity contribution >= 4 is 55.7 Å². The smallest absolute Gasteiger partial charge is 0.410 e. The van der Waals surface area contributed by atoms with Crippen molar-refractivity contribution in [2.24, 2.45) is 0 Å². The Morgan fingerprint density at radius 3 is 2.71 bits per heavy atom. The highest BCUT2D eigenvalue weighted by Gasteiger charge is 2.39. The number of ether oxygens (including phenoxy) is 2. The zero-order chi connectivity index (χ0) is 25.2. The summed E-state index contributed by atoms with van der Waals surface area (Å²) >= 11 is 2.31. The molecule has 10 nitrogen and oxygen atoms in total. The quantitative estimate of drug-likeness (QED) is 0.557. The molecule has 35 heavy (non-hydrogen) atoms. The molecule has 0 aromatic carbocycles. The molecule has 4 rings (SSSR count). The van der Waals surface area contributed by atoms with E-state index in [-0.39, 0.29) is 29.5 Å². The zero-order valence-electron chi connectivity index (χ0n) is 19.4. The Balaban J connectivity index is 1.61. The van der Waals surface area contributed by atoms with E-state index in [2.05, 4.69) is 5.32 Å². The molecule has 0 bridgehead atoms. The second-order valence-electron chi connectivity index (χ2n) is 8.12. The van der Waals surface area contributed by atoms with Gasteiger partial charge < -0.3 is 19.7 Å². The molecule has 2 aromatic heterocycles. The van der Waals surface area contributed by atoms with Gasteiger partial charge in [0.2, 0.25) is 5.91 Å². The Morgan fingerprint density at radius 1 is 1.23 bits per heavy atom. The molecule has 1 fully saturated rings. The lowest BCUT2D eigenvalue weighted by molar-refractivity contribution is -0.120. The van der Waals surface area contributed by atoms with Crippen molar-refractivity contribution < 1.29 is 32.3 Å². The van der Waals surface area contributed by atoms with Gasteiger partial charge >= 0.3 is 12.1 Å². The van der Waals surface area contributed by atoms with Crippen LogP contribution in [-0.4, -0.2) is 68.4 Å². The van der Waals surface area contributed by atoms with E-state index in [1.165, 1.54) is 28.8 Å². The molecule has 0 spiro atoms. The predicted molar refractivity (Wildman–Crippen MR) is 131 cm³/mol. The van der Waals surface area contributed by atoms with Crippen LogP contribution in [0, 0.1) is 0 Å². The van der Waals surface area contributed by atoms with E-state index in [4.69, 9.17) is 9.47 Å². The number of nitrogens with zero attached hydrogens (tertiary/aromatic N) is 2. The maximum absolute atomic E-state index is 13.4. The number of nitrogens with one attached hydrogen (secondary N) is 1. The average Bonchev–Trinajstić information content (AvgIpc) is 3.52. The van der Waals surface area contributed by atoms with Gasteiger partial charge in [-0.2, -0.15) is 4.31 Å². The lowest BCUT2D eigenvalue weighted by atomic mass is 10.0. The summed E-state index contributed by atoms with van der Waals surface area (Å²) in [7, 11) is -2.55. The van der Waals surface area contributed by atoms with E-state index >= 15 is 0 Å². The van der Waals surface area contributed by atoms with Crippen LogP contribution in [0.15, 0.2) is 21.7 Å². The zero-order valence-corrected chi connectivity index (χ0v) is 21.9. The lowest BCUT2D eigenvalue weighted by Gasteiger charge is -2.33. The minimum Gasteiger partial charge on any atom is -0.465 e. The normalized spacial score (nSPS) is 18.6. The van der Waals surface area contributed by atoms with Crippen LogP contribution in [0.5, 0.6) is 0 Å². The Labute approximate surface area is 211 Å². The number of hydrogen-bond donors (Lipinski definition) is 1. The van der Waals surface area contributed by atoms with Crippen LogP contribution in [0.4, 0.5) is 9.80 Å². The second kappa shape index (κ2) is 10.6. The third-order valence-corrected chi connectivity index (χ3v) is 10.4. The van der Waals surface area contributed by atoms with Gasteiger partial charge in [0.15, 0.2) is 0 Å². The molecule has 190 valence electrons. The lowest BCUT2D eigenvalue weighted by Crippen LogP contribution is -2.49. The molecule has 4 heterocycles. The van der Waals surface area contributed by atoms with Gasteiger partial charge in [-0.05, 0) is 43.2 Å². The maximum Gasteiger partial charge on any atom is 0.410 e. The third kappa shape index (κ3) is 5.08. The molecular weight excluding hydrogens is 514 g/mol. The van der Waals surface area contributed by atoms with Crippen LogP contribution >= 0.6 is 22.7 Å².